The predicted molar refractivity (Wildman–Crippen MR) is 93.1 cm³/mol. The van der Waals surface area contributed by atoms with Crippen molar-refractivity contribution in [1.29, 1.82) is 0 Å². The number of esters is 1. The van der Waals surface area contributed by atoms with Crippen molar-refractivity contribution in [2.75, 3.05) is 6.61 Å². The van der Waals surface area contributed by atoms with Crippen molar-refractivity contribution in [3.05, 3.63) is 59.9 Å². The molecule has 3 aromatic rings. The van der Waals surface area contributed by atoms with E-state index in [9.17, 15) is 9.59 Å². The highest BCUT2D eigenvalue weighted by Crippen LogP contribution is 2.25. The van der Waals surface area contributed by atoms with Gasteiger partial charge in [-0.25, -0.2) is 9.78 Å². The smallest absolute Gasteiger partial charge is 0.335 e. The fourth-order valence-electron chi connectivity index (χ4n) is 2.38. The van der Waals surface area contributed by atoms with Crippen LogP contribution in [0.1, 0.15) is 23.0 Å². The molecule has 8 heteroatoms. The SMILES string of the molecule is CCOC(=O)Cc1nc2ccccn2c1N=Nc1ccc(C(=O)O)cc1. The summed E-state index contributed by atoms with van der Waals surface area (Å²) in [6.07, 6.45) is 1.76. The van der Waals surface area contributed by atoms with Crippen LogP contribution in [0.2, 0.25) is 0 Å². The number of carboxylic acids is 1. The van der Waals surface area contributed by atoms with E-state index in [4.69, 9.17) is 9.84 Å². The van der Waals surface area contributed by atoms with Crippen molar-refractivity contribution >= 4 is 29.1 Å². The summed E-state index contributed by atoms with van der Waals surface area (Å²) in [4.78, 5) is 27.1. The molecule has 0 saturated heterocycles. The van der Waals surface area contributed by atoms with Gasteiger partial charge in [0.1, 0.15) is 5.65 Å². The highest BCUT2D eigenvalue weighted by molar-refractivity contribution is 5.87. The Kier molecular flexibility index (Phi) is 5.02. The van der Waals surface area contributed by atoms with Gasteiger partial charge in [-0.05, 0) is 43.3 Å². The maximum Gasteiger partial charge on any atom is 0.335 e. The van der Waals surface area contributed by atoms with Crippen molar-refractivity contribution in [2.24, 2.45) is 10.2 Å². The monoisotopic (exact) mass is 352 g/mol. The van der Waals surface area contributed by atoms with Gasteiger partial charge in [-0.2, -0.15) is 0 Å². The van der Waals surface area contributed by atoms with Gasteiger partial charge in [0, 0.05) is 6.20 Å². The Morgan fingerprint density at radius 2 is 1.92 bits per heavy atom. The van der Waals surface area contributed by atoms with Gasteiger partial charge >= 0.3 is 11.9 Å². The second-order valence-electron chi connectivity index (χ2n) is 5.34. The number of carbonyl (C=O) groups is 2. The molecule has 0 aliphatic rings. The van der Waals surface area contributed by atoms with Crippen LogP contribution in [-0.2, 0) is 16.0 Å². The summed E-state index contributed by atoms with van der Waals surface area (Å²) in [5.41, 5.74) is 1.76. The van der Waals surface area contributed by atoms with Crippen LogP contribution in [0, 0.1) is 0 Å². The third-order valence-electron chi connectivity index (χ3n) is 3.57. The molecule has 0 spiro atoms. The summed E-state index contributed by atoms with van der Waals surface area (Å²) in [5, 5.41) is 17.3. The number of nitrogens with zero attached hydrogens (tertiary/aromatic N) is 4. The number of ether oxygens (including phenoxy) is 1. The average molecular weight is 352 g/mol. The average Bonchev–Trinajstić information content (AvgIpc) is 2.97. The lowest BCUT2D eigenvalue weighted by atomic mass is 10.2. The summed E-state index contributed by atoms with van der Waals surface area (Å²) in [5.74, 6) is -0.971. The van der Waals surface area contributed by atoms with Gasteiger partial charge in [0.05, 0.1) is 30.0 Å². The van der Waals surface area contributed by atoms with E-state index in [1.54, 1.807) is 35.7 Å². The number of carboxylic acid groups (broad SMARTS) is 1. The summed E-state index contributed by atoms with van der Waals surface area (Å²) in [6.45, 7) is 2.03. The van der Waals surface area contributed by atoms with E-state index >= 15 is 0 Å². The number of pyridine rings is 1. The van der Waals surface area contributed by atoms with Crippen molar-refractivity contribution < 1.29 is 19.4 Å². The second kappa shape index (κ2) is 7.56. The molecule has 2 heterocycles. The molecular weight excluding hydrogens is 336 g/mol. The fraction of sp³-hybridized carbons (Fsp3) is 0.167. The molecule has 8 nitrogen and oxygen atoms in total. The van der Waals surface area contributed by atoms with Gasteiger partial charge in [0.15, 0.2) is 5.82 Å². The normalized spacial score (nSPS) is 11.1. The zero-order chi connectivity index (χ0) is 18.5. The molecule has 2 aromatic heterocycles. The molecule has 0 aliphatic heterocycles. The number of rotatable bonds is 6. The summed E-state index contributed by atoms with van der Waals surface area (Å²) >= 11 is 0. The van der Waals surface area contributed by atoms with E-state index in [1.807, 2.05) is 12.1 Å². The molecule has 3 rings (SSSR count). The fourth-order valence-corrected chi connectivity index (χ4v) is 2.38. The minimum Gasteiger partial charge on any atom is -0.478 e. The van der Waals surface area contributed by atoms with Gasteiger partial charge in [-0.1, -0.05) is 6.07 Å². The molecule has 0 atom stereocenters. The number of aromatic carboxylic acids is 1. The molecule has 0 fully saturated rings. The number of carbonyl (C=O) groups excluding carboxylic acids is 1. The predicted octanol–water partition coefficient (Wildman–Crippen LogP) is 3.55. The number of fused-ring (bicyclic) bond motifs is 1. The van der Waals surface area contributed by atoms with E-state index in [-0.39, 0.29) is 12.0 Å². The van der Waals surface area contributed by atoms with Gasteiger partial charge in [-0.15, -0.1) is 10.2 Å². The standard InChI is InChI=1S/C18H16N4O4/c1-2-26-16(23)11-14-17(22-10-4-3-5-15(22)19-14)21-20-13-8-6-12(7-9-13)18(24)25/h3-10H,2,11H2,1H3,(H,24,25). The highest BCUT2D eigenvalue weighted by atomic mass is 16.5. The molecule has 1 N–H and O–H groups in total. The largest absolute Gasteiger partial charge is 0.478 e. The van der Waals surface area contributed by atoms with E-state index < -0.39 is 11.9 Å². The van der Waals surface area contributed by atoms with Crippen molar-refractivity contribution in [3.63, 3.8) is 0 Å². The molecule has 0 bridgehead atoms. The van der Waals surface area contributed by atoms with Gasteiger partial charge < -0.3 is 9.84 Å². The zero-order valence-electron chi connectivity index (χ0n) is 14.0. The van der Waals surface area contributed by atoms with Crippen LogP contribution in [0.5, 0.6) is 0 Å². The first-order chi connectivity index (χ1) is 12.6. The molecule has 132 valence electrons. The molecule has 0 radical (unpaired) electrons. The number of aromatic nitrogens is 2. The summed E-state index contributed by atoms with van der Waals surface area (Å²) in [7, 11) is 0. The molecule has 0 saturated carbocycles. The van der Waals surface area contributed by atoms with Crippen LogP contribution in [0.15, 0.2) is 58.9 Å². The van der Waals surface area contributed by atoms with Gasteiger partial charge in [-0.3, -0.25) is 9.20 Å². The van der Waals surface area contributed by atoms with Crippen LogP contribution < -0.4 is 0 Å². The first-order valence-corrected chi connectivity index (χ1v) is 7.95. The molecule has 0 amide bonds. The van der Waals surface area contributed by atoms with Crippen molar-refractivity contribution in [1.82, 2.24) is 9.38 Å². The summed E-state index contributed by atoms with van der Waals surface area (Å²) < 4.78 is 6.70. The molecule has 26 heavy (non-hydrogen) atoms. The van der Waals surface area contributed by atoms with E-state index in [1.165, 1.54) is 12.1 Å². The van der Waals surface area contributed by atoms with Crippen LogP contribution in [0.4, 0.5) is 11.5 Å². The number of benzene rings is 1. The lowest BCUT2D eigenvalue weighted by Crippen LogP contribution is -2.07. The third kappa shape index (κ3) is 3.75. The van der Waals surface area contributed by atoms with Gasteiger partial charge in [0.2, 0.25) is 0 Å². The Morgan fingerprint density at radius 1 is 1.15 bits per heavy atom. The minimum absolute atomic E-state index is 0.0121. The zero-order valence-corrected chi connectivity index (χ0v) is 14.0. The molecule has 1 aromatic carbocycles. The molecule has 0 unspecified atom stereocenters. The molecule has 0 aliphatic carbocycles. The van der Waals surface area contributed by atoms with Crippen LogP contribution >= 0.6 is 0 Å². The lowest BCUT2D eigenvalue weighted by molar-refractivity contribution is -0.142. The van der Waals surface area contributed by atoms with Crippen LogP contribution in [0.25, 0.3) is 5.65 Å². The first kappa shape index (κ1) is 17.3. The molecular formula is C18H16N4O4. The Bertz CT molecular complexity index is 977. The van der Waals surface area contributed by atoms with E-state index in [0.717, 1.165) is 0 Å². The van der Waals surface area contributed by atoms with E-state index in [2.05, 4.69) is 15.2 Å². The Morgan fingerprint density at radius 3 is 2.62 bits per heavy atom. The number of hydrogen-bond acceptors (Lipinski definition) is 6. The maximum absolute atomic E-state index is 11.8. The number of hydrogen-bond donors (Lipinski definition) is 1. The van der Waals surface area contributed by atoms with Crippen molar-refractivity contribution in [2.45, 2.75) is 13.3 Å². The van der Waals surface area contributed by atoms with Crippen LogP contribution in [-0.4, -0.2) is 33.0 Å². The topological polar surface area (TPSA) is 106 Å². The first-order valence-electron chi connectivity index (χ1n) is 7.95. The quantitative estimate of drug-likeness (QED) is 0.539. The van der Waals surface area contributed by atoms with Crippen LogP contribution in [0.3, 0.4) is 0 Å². The highest BCUT2D eigenvalue weighted by Gasteiger charge is 2.16. The maximum atomic E-state index is 11.8. The lowest BCUT2D eigenvalue weighted by Gasteiger charge is -2.00. The number of imidazole rings is 1. The Balaban J connectivity index is 1.94. The third-order valence-corrected chi connectivity index (χ3v) is 3.57. The Hall–Kier alpha value is -3.55. The van der Waals surface area contributed by atoms with Gasteiger partial charge in [0.25, 0.3) is 0 Å². The summed E-state index contributed by atoms with van der Waals surface area (Å²) in [6, 6.07) is 11.5. The Labute approximate surface area is 148 Å². The van der Waals surface area contributed by atoms with Crippen molar-refractivity contribution in [3.8, 4) is 0 Å². The van der Waals surface area contributed by atoms with E-state index in [0.29, 0.717) is 29.5 Å². The minimum atomic E-state index is -1.01. The second-order valence-corrected chi connectivity index (χ2v) is 5.34. The number of azo groups is 1.